The predicted octanol–water partition coefficient (Wildman–Crippen LogP) is 5.50. The fraction of sp³-hybridized carbons (Fsp3) is 0.190. The lowest BCUT2D eigenvalue weighted by Crippen LogP contribution is -2.14. The van der Waals surface area contributed by atoms with Gasteiger partial charge in [0.1, 0.15) is 11.5 Å². The third-order valence-corrected chi connectivity index (χ3v) is 5.72. The van der Waals surface area contributed by atoms with Gasteiger partial charge in [-0.25, -0.2) is 0 Å². The van der Waals surface area contributed by atoms with Crippen LogP contribution in [0.15, 0.2) is 70.2 Å². The minimum absolute atomic E-state index is 0.587. The Morgan fingerprint density at radius 2 is 1.80 bits per heavy atom. The zero-order valence-corrected chi connectivity index (χ0v) is 18.3. The third-order valence-electron chi connectivity index (χ3n) is 4.28. The molecule has 9 heteroatoms. The van der Waals surface area contributed by atoms with Crippen molar-refractivity contribution in [2.75, 3.05) is 12.3 Å². The lowest BCUT2D eigenvalue weighted by Gasteiger charge is -2.05. The predicted molar refractivity (Wildman–Crippen MR) is 120 cm³/mol. The summed E-state index contributed by atoms with van der Waals surface area (Å²) in [6, 6.07) is 19.1. The van der Waals surface area contributed by atoms with Crippen molar-refractivity contribution in [2.24, 2.45) is 0 Å². The number of aromatic nitrogens is 4. The number of tetrazole rings is 1. The summed E-state index contributed by atoms with van der Waals surface area (Å²) in [5, 5.41) is 17.3. The summed E-state index contributed by atoms with van der Waals surface area (Å²) in [7, 11) is 0. The second-order valence-corrected chi connectivity index (χ2v) is 8.45. The molecule has 2 heterocycles. The van der Waals surface area contributed by atoms with Crippen molar-refractivity contribution in [1.29, 1.82) is 0 Å². The monoisotopic (exact) mass is 459 g/mol. The van der Waals surface area contributed by atoms with E-state index in [1.54, 1.807) is 22.5 Å². The first-order chi connectivity index (χ1) is 14.7. The molecule has 2 aromatic carbocycles. The molecule has 0 saturated carbocycles. The van der Waals surface area contributed by atoms with E-state index in [-0.39, 0.29) is 0 Å². The quantitative estimate of drug-likeness (QED) is 0.263. The topological polar surface area (TPSA) is 68.8 Å². The zero-order valence-electron chi connectivity index (χ0n) is 16.0. The number of hydrogen-bond donors (Lipinski definition) is 1. The fourth-order valence-corrected chi connectivity index (χ4v) is 4.25. The van der Waals surface area contributed by atoms with Crippen LogP contribution >= 0.6 is 35.0 Å². The Bertz CT molecular complexity index is 1080. The van der Waals surface area contributed by atoms with Crippen LogP contribution in [0.3, 0.4) is 0 Å². The summed E-state index contributed by atoms with van der Waals surface area (Å²) < 4.78 is 7.65. The molecule has 0 radical (unpaired) electrons. The molecule has 0 atom stereocenters. The van der Waals surface area contributed by atoms with Gasteiger partial charge in [0.2, 0.25) is 5.16 Å². The number of rotatable bonds is 9. The minimum atomic E-state index is 0.587. The van der Waals surface area contributed by atoms with Crippen molar-refractivity contribution >= 4 is 35.0 Å². The van der Waals surface area contributed by atoms with Crippen LogP contribution in [0.4, 0.5) is 0 Å². The molecule has 0 aliphatic heterocycles. The second-order valence-electron chi connectivity index (χ2n) is 6.51. The van der Waals surface area contributed by atoms with Crippen LogP contribution in [0, 0.1) is 0 Å². The van der Waals surface area contributed by atoms with Crippen molar-refractivity contribution in [2.45, 2.75) is 18.1 Å². The van der Waals surface area contributed by atoms with Crippen LogP contribution in [0.25, 0.3) is 17.0 Å². The van der Waals surface area contributed by atoms with Gasteiger partial charge in [0.15, 0.2) is 0 Å². The van der Waals surface area contributed by atoms with Crippen LogP contribution in [0.1, 0.15) is 12.2 Å². The first-order valence-electron chi connectivity index (χ1n) is 9.41. The highest BCUT2D eigenvalue weighted by atomic mass is 35.5. The van der Waals surface area contributed by atoms with Crippen LogP contribution in [0.5, 0.6) is 0 Å². The summed E-state index contributed by atoms with van der Waals surface area (Å²) in [6.45, 7) is 1.51. The van der Waals surface area contributed by atoms with Crippen molar-refractivity contribution in [3.8, 4) is 17.0 Å². The maximum atomic E-state index is 6.07. The molecular formula is C21H19Cl2N5OS. The van der Waals surface area contributed by atoms with Crippen LogP contribution in [-0.4, -0.2) is 32.5 Å². The van der Waals surface area contributed by atoms with E-state index in [1.807, 2.05) is 54.6 Å². The number of furan rings is 1. The molecule has 0 saturated heterocycles. The van der Waals surface area contributed by atoms with Gasteiger partial charge < -0.3 is 9.73 Å². The number of benzene rings is 2. The first-order valence-corrected chi connectivity index (χ1v) is 11.2. The van der Waals surface area contributed by atoms with Gasteiger partial charge in [0, 0.05) is 21.4 Å². The summed E-state index contributed by atoms with van der Waals surface area (Å²) in [5.41, 5.74) is 1.82. The number of thioether (sulfide) groups is 1. The maximum absolute atomic E-state index is 6.07. The van der Waals surface area contributed by atoms with Crippen molar-refractivity contribution in [1.82, 2.24) is 25.5 Å². The van der Waals surface area contributed by atoms with Gasteiger partial charge in [-0.3, -0.25) is 0 Å². The molecule has 0 fully saturated rings. The minimum Gasteiger partial charge on any atom is -0.460 e. The molecule has 30 heavy (non-hydrogen) atoms. The number of nitrogens with zero attached hydrogens (tertiary/aromatic N) is 4. The van der Waals surface area contributed by atoms with Crippen molar-refractivity contribution in [3.05, 3.63) is 76.5 Å². The second kappa shape index (κ2) is 10.1. The van der Waals surface area contributed by atoms with Gasteiger partial charge in [0.05, 0.1) is 12.2 Å². The van der Waals surface area contributed by atoms with E-state index >= 15 is 0 Å². The van der Waals surface area contributed by atoms with E-state index in [4.69, 9.17) is 27.6 Å². The summed E-state index contributed by atoms with van der Waals surface area (Å²) in [5.74, 6) is 2.52. The lowest BCUT2D eigenvalue weighted by molar-refractivity contribution is 0.494. The molecule has 154 valence electrons. The van der Waals surface area contributed by atoms with E-state index in [2.05, 4.69) is 20.8 Å². The molecule has 1 N–H and O–H groups in total. The Morgan fingerprint density at radius 3 is 2.60 bits per heavy atom. The van der Waals surface area contributed by atoms with Crippen molar-refractivity contribution < 1.29 is 4.42 Å². The van der Waals surface area contributed by atoms with Gasteiger partial charge >= 0.3 is 0 Å². The molecule has 0 amide bonds. The standard InChI is InChI=1S/C21H19Cl2N5OS/c22-16-11-15(12-17(23)13-16)20-8-7-19(29-20)14-24-9-4-10-30-21-25-26-27-28(21)18-5-2-1-3-6-18/h1-3,5-8,11-13,24H,4,9-10,14H2. The Hall–Kier alpha value is -2.32. The molecule has 0 bridgehead atoms. The molecule has 0 spiro atoms. The average Bonchev–Trinajstić information content (AvgIpc) is 3.40. The molecule has 6 nitrogen and oxygen atoms in total. The largest absolute Gasteiger partial charge is 0.460 e. The summed E-state index contributed by atoms with van der Waals surface area (Å²) >= 11 is 13.8. The Kier molecular flexibility index (Phi) is 7.07. The van der Waals surface area contributed by atoms with E-state index in [1.165, 1.54) is 0 Å². The van der Waals surface area contributed by atoms with Gasteiger partial charge in [-0.05, 0) is 65.9 Å². The molecule has 2 aromatic heterocycles. The first kappa shape index (κ1) is 20.9. The smallest absolute Gasteiger partial charge is 0.214 e. The molecule has 0 unspecified atom stereocenters. The zero-order chi connectivity index (χ0) is 20.8. The molecule has 4 rings (SSSR count). The molecule has 4 aromatic rings. The number of nitrogens with one attached hydrogen (secondary N) is 1. The highest BCUT2D eigenvalue weighted by molar-refractivity contribution is 7.99. The summed E-state index contributed by atoms with van der Waals surface area (Å²) in [4.78, 5) is 0. The van der Waals surface area contributed by atoms with E-state index < -0.39 is 0 Å². The Morgan fingerprint density at radius 1 is 1.00 bits per heavy atom. The van der Waals surface area contributed by atoms with E-state index in [9.17, 15) is 0 Å². The van der Waals surface area contributed by atoms with Gasteiger partial charge in [-0.2, -0.15) is 4.68 Å². The highest BCUT2D eigenvalue weighted by Crippen LogP contribution is 2.28. The Labute approximate surface area is 188 Å². The maximum Gasteiger partial charge on any atom is 0.214 e. The van der Waals surface area contributed by atoms with Gasteiger partial charge in [0.25, 0.3) is 0 Å². The van der Waals surface area contributed by atoms with Crippen molar-refractivity contribution in [3.63, 3.8) is 0 Å². The van der Waals surface area contributed by atoms with Crippen LogP contribution in [-0.2, 0) is 6.54 Å². The molecule has 0 aliphatic rings. The fourth-order valence-electron chi connectivity index (χ4n) is 2.90. The van der Waals surface area contributed by atoms with Crippen LogP contribution < -0.4 is 5.32 Å². The number of halogens is 2. The van der Waals surface area contributed by atoms with Gasteiger partial charge in [-0.1, -0.05) is 53.2 Å². The number of hydrogen-bond acceptors (Lipinski definition) is 6. The molecule has 0 aliphatic carbocycles. The lowest BCUT2D eigenvalue weighted by atomic mass is 10.2. The van der Waals surface area contributed by atoms with Crippen LogP contribution in [0.2, 0.25) is 10.0 Å². The number of para-hydroxylation sites is 1. The van der Waals surface area contributed by atoms with Gasteiger partial charge in [-0.15, -0.1) is 5.10 Å². The third kappa shape index (κ3) is 5.43. The summed E-state index contributed by atoms with van der Waals surface area (Å²) in [6.07, 6.45) is 0.976. The SMILES string of the molecule is Clc1cc(Cl)cc(-c2ccc(CNCCCSc3nnnn3-c3ccccc3)o2)c1. The average molecular weight is 460 g/mol. The van der Waals surface area contributed by atoms with E-state index in [0.717, 1.165) is 46.6 Å². The molecular weight excluding hydrogens is 441 g/mol. The van der Waals surface area contributed by atoms with E-state index in [0.29, 0.717) is 16.6 Å². The Balaban J connectivity index is 1.22. The normalized spacial score (nSPS) is 11.1. The highest BCUT2D eigenvalue weighted by Gasteiger charge is 2.09.